The second-order valence-electron chi connectivity index (χ2n) is 4.50. The van der Waals surface area contributed by atoms with E-state index in [0.717, 1.165) is 21.7 Å². The summed E-state index contributed by atoms with van der Waals surface area (Å²) in [5.74, 6) is 1.06. The number of aryl methyl sites for hydroxylation is 2. The molecule has 5 heteroatoms. The third kappa shape index (κ3) is 2.37. The number of benzene rings is 1. The molecule has 2 aromatic heterocycles. The SMILES string of the molecule is Cc1ccc(Nc2nc(N)nc3sc(C)cc23)cc1. The molecule has 0 fully saturated rings. The van der Waals surface area contributed by atoms with Crippen molar-refractivity contribution < 1.29 is 0 Å². The summed E-state index contributed by atoms with van der Waals surface area (Å²) in [6, 6.07) is 10.2. The van der Waals surface area contributed by atoms with E-state index in [-0.39, 0.29) is 0 Å². The summed E-state index contributed by atoms with van der Waals surface area (Å²) in [4.78, 5) is 10.7. The first-order valence-corrected chi connectivity index (χ1v) is 6.81. The number of hydrogen-bond acceptors (Lipinski definition) is 5. The van der Waals surface area contributed by atoms with E-state index in [1.54, 1.807) is 11.3 Å². The largest absolute Gasteiger partial charge is 0.368 e. The maximum absolute atomic E-state index is 5.76. The van der Waals surface area contributed by atoms with Crippen LogP contribution in [-0.2, 0) is 0 Å². The lowest BCUT2D eigenvalue weighted by Gasteiger charge is -2.07. The second kappa shape index (κ2) is 4.51. The van der Waals surface area contributed by atoms with Gasteiger partial charge in [-0.05, 0) is 32.0 Å². The van der Waals surface area contributed by atoms with Gasteiger partial charge in [0.2, 0.25) is 5.95 Å². The number of nitrogen functional groups attached to an aromatic ring is 1. The van der Waals surface area contributed by atoms with Gasteiger partial charge in [0.15, 0.2) is 0 Å². The minimum Gasteiger partial charge on any atom is -0.368 e. The maximum atomic E-state index is 5.76. The Balaban J connectivity index is 2.06. The van der Waals surface area contributed by atoms with Crippen LogP contribution >= 0.6 is 11.3 Å². The molecule has 1 aromatic carbocycles. The van der Waals surface area contributed by atoms with Crippen LogP contribution in [0.4, 0.5) is 17.5 Å². The van der Waals surface area contributed by atoms with Gasteiger partial charge in [0.1, 0.15) is 10.6 Å². The molecule has 3 N–H and O–H groups in total. The zero-order valence-corrected chi connectivity index (χ0v) is 11.6. The molecule has 4 nitrogen and oxygen atoms in total. The van der Waals surface area contributed by atoms with Crippen molar-refractivity contribution in [3.05, 3.63) is 40.8 Å². The minimum atomic E-state index is 0.295. The number of rotatable bonds is 2. The fourth-order valence-electron chi connectivity index (χ4n) is 1.93. The van der Waals surface area contributed by atoms with Gasteiger partial charge < -0.3 is 11.1 Å². The highest BCUT2D eigenvalue weighted by atomic mass is 32.1. The zero-order chi connectivity index (χ0) is 13.4. The van der Waals surface area contributed by atoms with Crippen LogP contribution in [0.3, 0.4) is 0 Å². The molecular weight excluding hydrogens is 256 g/mol. The molecule has 96 valence electrons. The van der Waals surface area contributed by atoms with E-state index >= 15 is 0 Å². The van der Waals surface area contributed by atoms with E-state index in [1.807, 2.05) is 12.1 Å². The van der Waals surface area contributed by atoms with E-state index in [4.69, 9.17) is 5.73 Å². The normalized spacial score (nSPS) is 10.8. The maximum Gasteiger partial charge on any atom is 0.223 e. The molecule has 0 saturated heterocycles. The summed E-state index contributed by atoms with van der Waals surface area (Å²) < 4.78 is 0. The van der Waals surface area contributed by atoms with Crippen LogP contribution in [-0.4, -0.2) is 9.97 Å². The number of nitrogens with one attached hydrogen (secondary N) is 1. The van der Waals surface area contributed by atoms with Crippen LogP contribution in [0.5, 0.6) is 0 Å². The lowest BCUT2D eigenvalue weighted by Crippen LogP contribution is -2.00. The Kier molecular flexibility index (Phi) is 2.83. The molecule has 0 saturated carbocycles. The Hall–Kier alpha value is -2.14. The van der Waals surface area contributed by atoms with Crippen molar-refractivity contribution in [1.29, 1.82) is 0 Å². The first-order chi connectivity index (χ1) is 9.11. The Morgan fingerprint density at radius 3 is 2.58 bits per heavy atom. The Morgan fingerprint density at radius 2 is 1.84 bits per heavy atom. The number of nitrogens with two attached hydrogens (primary N) is 1. The molecule has 0 radical (unpaired) electrons. The predicted octanol–water partition coefficient (Wildman–Crippen LogP) is 3.63. The predicted molar refractivity (Wildman–Crippen MR) is 81.0 cm³/mol. The molecule has 0 amide bonds. The van der Waals surface area contributed by atoms with E-state index in [2.05, 4.69) is 47.3 Å². The van der Waals surface area contributed by atoms with Crippen LogP contribution in [0, 0.1) is 13.8 Å². The smallest absolute Gasteiger partial charge is 0.223 e. The molecule has 0 aliphatic carbocycles. The van der Waals surface area contributed by atoms with Gasteiger partial charge >= 0.3 is 0 Å². The van der Waals surface area contributed by atoms with E-state index in [9.17, 15) is 0 Å². The van der Waals surface area contributed by atoms with Gasteiger partial charge in [0.05, 0.1) is 5.39 Å². The molecule has 2 heterocycles. The summed E-state index contributed by atoms with van der Waals surface area (Å²) >= 11 is 1.62. The van der Waals surface area contributed by atoms with Gasteiger partial charge in [0, 0.05) is 10.6 Å². The highest BCUT2D eigenvalue weighted by Crippen LogP contribution is 2.30. The van der Waals surface area contributed by atoms with Crippen molar-refractivity contribution >= 4 is 39.0 Å². The van der Waals surface area contributed by atoms with E-state index < -0.39 is 0 Å². The zero-order valence-electron chi connectivity index (χ0n) is 10.8. The van der Waals surface area contributed by atoms with Gasteiger partial charge in [-0.2, -0.15) is 4.98 Å². The van der Waals surface area contributed by atoms with Crippen LogP contribution in [0.25, 0.3) is 10.2 Å². The van der Waals surface area contributed by atoms with Crippen molar-refractivity contribution in [2.75, 3.05) is 11.1 Å². The number of nitrogens with zero attached hydrogens (tertiary/aromatic N) is 2. The first-order valence-electron chi connectivity index (χ1n) is 5.99. The van der Waals surface area contributed by atoms with Gasteiger partial charge in [-0.1, -0.05) is 17.7 Å². The monoisotopic (exact) mass is 270 g/mol. The minimum absolute atomic E-state index is 0.295. The lowest BCUT2D eigenvalue weighted by molar-refractivity contribution is 1.24. The van der Waals surface area contributed by atoms with Crippen molar-refractivity contribution in [3.63, 3.8) is 0 Å². The van der Waals surface area contributed by atoms with E-state index in [0.29, 0.717) is 5.95 Å². The van der Waals surface area contributed by atoms with Crippen molar-refractivity contribution in [2.45, 2.75) is 13.8 Å². The summed E-state index contributed by atoms with van der Waals surface area (Å²) in [6.45, 7) is 4.12. The quantitative estimate of drug-likeness (QED) is 0.746. The molecule has 3 aromatic rings. The molecule has 0 bridgehead atoms. The summed E-state index contributed by atoms with van der Waals surface area (Å²) in [6.07, 6.45) is 0. The van der Waals surface area contributed by atoms with Crippen LogP contribution in [0.2, 0.25) is 0 Å². The van der Waals surface area contributed by atoms with Crippen molar-refractivity contribution in [2.24, 2.45) is 0 Å². The summed E-state index contributed by atoms with van der Waals surface area (Å²) in [5.41, 5.74) is 7.98. The highest BCUT2D eigenvalue weighted by molar-refractivity contribution is 7.18. The van der Waals surface area contributed by atoms with Gasteiger partial charge in [-0.15, -0.1) is 11.3 Å². The van der Waals surface area contributed by atoms with Crippen molar-refractivity contribution in [1.82, 2.24) is 9.97 Å². The highest BCUT2D eigenvalue weighted by Gasteiger charge is 2.09. The van der Waals surface area contributed by atoms with Crippen LogP contribution in [0.1, 0.15) is 10.4 Å². The van der Waals surface area contributed by atoms with Crippen molar-refractivity contribution in [3.8, 4) is 0 Å². The Morgan fingerprint density at radius 1 is 1.11 bits per heavy atom. The number of hydrogen-bond donors (Lipinski definition) is 2. The molecule has 0 unspecified atom stereocenters. The van der Waals surface area contributed by atoms with Crippen LogP contribution < -0.4 is 11.1 Å². The topological polar surface area (TPSA) is 63.8 Å². The summed E-state index contributed by atoms with van der Waals surface area (Å²) in [7, 11) is 0. The standard InChI is InChI=1S/C14H14N4S/c1-8-3-5-10(6-4-8)16-12-11-7-9(2)19-13(11)18-14(15)17-12/h3-7H,1-2H3,(H3,15,16,17,18). The number of fused-ring (bicyclic) bond motifs is 1. The molecule has 3 rings (SSSR count). The second-order valence-corrected chi connectivity index (χ2v) is 5.73. The fraction of sp³-hybridized carbons (Fsp3) is 0.143. The van der Waals surface area contributed by atoms with Gasteiger partial charge in [-0.25, -0.2) is 4.98 Å². The summed E-state index contributed by atoms with van der Waals surface area (Å²) in [5, 5.41) is 4.32. The Bertz CT molecular complexity index is 731. The third-order valence-electron chi connectivity index (χ3n) is 2.85. The van der Waals surface area contributed by atoms with Gasteiger partial charge in [-0.3, -0.25) is 0 Å². The van der Waals surface area contributed by atoms with Gasteiger partial charge in [0.25, 0.3) is 0 Å². The average Bonchev–Trinajstić information content (AvgIpc) is 2.72. The van der Waals surface area contributed by atoms with Crippen LogP contribution in [0.15, 0.2) is 30.3 Å². The number of aromatic nitrogens is 2. The molecular formula is C14H14N4S. The van der Waals surface area contributed by atoms with E-state index in [1.165, 1.54) is 10.4 Å². The first kappa shape index (κ1) is 11.9. The lowest BCUT2D eigenvalue weighted by atomic mass is 10.2. The Labute approximate surface area is 115 Å². The molecule has 0 spiro atoms. The number of anilines is 3. The molecule has 19 heavy (non-hydrogen) atoms. The molecule has 0 atom stereocenters. The number of thiophene rings is 1. The average molecular weight is 270 g/mol. The molecule has 0 aliphatic heterocycles. The fourth-order valence-corrected chi connectivity index (χ4v) is 2.81. The third-order valence-corrected chi connectivity index (χ3v) is 3.79. The molecule has 0 aliphatic rings.